The molecule has 1 fully saturated rings. The van der Waals surface area contributed by atoms with Gasteiger partial charge >= 0.3 is 5.97 Å². The van der Waals surface area contributed by atoms with E-state index in [1.807, 2.05) is 12.1 Å². The van der Waals surface area contributed by atoms with E-state index in [4.69, 9.17) is 0 Å². The molecule has 6 heteroatoms. The summed E-state index contributed by atoms with van der Waals surface area (Å²) in [6, 6.07) is 9.55. The molecule has 1 heterocycles. The van der Waals surface area contributed by atoms with Crippen LogP contribution in [0.3, 0.4) is 0 Å². The lowest BCUT2D eigenvalue weighted by atomic mass is 9.92. The molecule has 2 aromatic carbocycles. The average molecular weight is 357 g/mol. The zero-order valence-electron chi connectivity index (χ0n) is 13.9. The first-order valence-corrected chi connectivity index (χ1v) is 8.53. The Hall–Kier alpha value is -2.76. The fourth-order valence-corrected chi connectivity index (χ4v) is 3.90. The Morgan fingerprint density at radius 1 is 1.08 bits per heavy atom. The van der Waals surface area contributed by atoms with E-state index in [1.54, 1.807) is 12.1 Å². The third-order valence-electron chi connectivity index (χ3n) is 5.27. The number of fused-ring (bicyclic) bond motifs is 1. The summed E-state index contributed by atoms with van der Waals surface area (Å²) in [6.45, 7) is 0.321. The predicted octanol–water partition coefficient (Wildman–Crippen LogP) is 3.28. The van der Waals surface area contributed by atoms with Crippen LogP contribution in [-0.4, -0.2) is 28.4 Å². The maximum Gasteiger partial charge on any atom is 0.331 e. The molecule has 0 aromatic heterocycles. The Kier molecular flexibility index (Phi) is 3.98. The van der Waals surface area contributed by atoms with Crippen molar-refractivity contribution >= 4 is 11.9 Å². The van der Waals surface area contributed by atoms with Crippen LogP contribution in [0.5, 0.6) is 0 Å². The van der Waals surface area contributed by atoms with Gasteiger partial charge in [-0.1, -0.05) is 30.3 Å². The third-order valence-corrected chi connectivity index (χ3v) is 5.27. The number of nitrogens with zero attached hydrogens (tertiary/aromatic N) is 1. The standard InChI is InChI=1S/C20H17F2NO3/c21-12-5-6-14(17(22)9-12)15-10-16(15)19(24)23-8-7-11-3-1-2-4-13(11)18(23)20(25)26/h1-6,9,15-16,18H,7-8,10H2,(H,25,26). The Balaban J connectivity index is 1.58. The van der Waals surface area contributed by atoms with Crippen LogP contribution in [0.25, 0.3) is 0 Å². The lowest BCUT2D eigenvalue weighted by Gasteiger charge is -2.35. The molecule has 0 bridgehead atoms. The highest BCUT2D eigenvalue weighted by Crippen LogP contribution is 2.50. The van der Waals surface area contributed by atoms with Crippen molar-refractivity contribution in [3.63, 3.8) is 0 Å². The van der Waals surface area contributed by atoms with Gasteiger partial charge in [0.25, 0.3) is 0 Å². The van der Waals surface area contributed by atoms with Crippen LogP contribution in [-0.2, 0) is 16.0 Å². The van der Waals surface area contributed by atoms with Gasteiger partial charge in [-0.3, -0.25) is 4.79 Å². The molecule has 1 aliphatic carbocycles. The molecule has 2 aromatic rings. The number of hydrogen-bond donors (Lipinski definition) is 1. The summed E-state index contributed by atoms with van der Waals surface area (Å²) in [5.74, 6) is -3.45. The zero-order valence-corrected chi connectivity index (χ0v) is 13.9. The maximum absolute atomic E-state index is 14.0. The Morgan fingerprint density at radius 3 is 2.58 bits per heavy atom. The lowest BCUT2D eigenvalue weighted by molar-refractivity contribution is -0.151. The molecule has 3 unspecified atom stereocenters. The SMILES string of the molecule is O=C(O)C1c2ccccc2CCN1C(=O)C1CC1c1ccc(F)cc1F. The van der Waals surface area contributed by atoms with Crippen LogP contribution in [0.1, 0.15) is 35.1 Å². The van der Waals surface area contributed by atoms with Crippen molar-refractivity contribution in [2.45, 2.75) is 24.8 Å². The van der Waals surface area contributed by atoms with Crippen molar-refractivity contribution in [2.75, 3.05) is 6.54 Å². The van der Waals surface area contributed by atoms with Gasteiger partial charge in [-0.05, 0) is 41.5 Å². The summed E-state index contributed by atoms with van der Waals surface area (Å²) in [6.07, 6.45) is 1.04. The molecule has 0 spiro atoms. The predicted molar refractivity (Wildman–Crippen MR) is 89.4 cm³/mol. The van der Waals surface area contributed by atoms with Crippen LogP contribution < -0.4 is 0 Å². The van der Waals surface area contributed by atoms with Crippen LogP contribution >= 0.6 is 0 Å². The first-order valence-electron chi connectivity index (χ1n) is 8.53. The van der Waals surface area contributed by atoms with E-state index in [1.165, 1.54) is 17.0 Å². The van der Waals surface area contributed by atoms with Gasteiger partial charge in [-0.25, -0.2) is 13.6 Å². The molecule has 0 saturated heterocycles. The van der Waals surface area contributed by atoms with E-state index in [-0.39, 0.29) is 11.8 Å². The molecule has 1 saturated carbocycles. The quantitative estimate of drug-likeness (QED) is 0.917. The fourth-order valence-electron chi connectivity index (χ4n) is 3.90. The third kappa shape index (κ3) is 2.75. The highest BCUT2D eigenvalue weighted by atomic mass is 19.1. The molecule has 3 atom stereocenters. The minimum atomic E-state index is -1.07. The Labute approximate surface area is 149 Å². The summed E-state index contributed by atoms with van der Waals surface area (Å²) in [5, 5.41) is 9.67. The van der Waals surface area contributed by atoms with Gasteiger partial charge in [0, 0.05) is 18.5 Å². The molecular weight excluding hydrogens is 340 g/mol. The second-order valence-corrected chi connectivity index (χ2v) is 6.84. The van der Waals surface area contributed by atoms with Crippen molar-refractivity contribution in [1.82, 2.24) is 4.90 Å². The number of carbonyl (C=O) groups is 2. The van der Waals surface area contributed by atoms with Crippen LogP contribution in [0, 0.1) is 17.6 Å². The van der Waals surface area contributed by atoms with Gasteiger partial charge in [-0.15, -0.1) is 0 Å². The smallest absolute Gasteiger partial charge is 0.331 e. The second-order valence-electron chi connectivity index (χ2n) is 6.84. The summed E-state index contributed by atoms with van der Waals surface area (Å²) >= 11 is 0. The van der Waals surface area contributed by atoms with E-state index in [2.05, 4.69) is 0 Å². The molecule has 2 aliphatic rings. The average Bonchev–Trinajstić information content (AvgIpc) is 3.40. The second kappa shape index (κ2) is 6.20. The van der Waals surface area contributed by atoms with Crippen molar-refractivity contribution in [2.24, 2.45) is 5.92 Å². The minimum Gasteiger partial charge on any atom is -0.479 e. The van der Waals surface area contributed by atoms with Gasteiger partial charge in [0.15, 0.2) is 6.04 Å². The van der Waals surface area contributed by atoms with Gasteiger partial charge in [0.1, 0.15) is 11.6 Å². The number of carboxylic acids is 1. The molecular formula is C20H17F2NO3. The van der Waals surface area contributed by atoms with Crippen molar-refractivity contribution in [3.8, 4) is 0 Å². The summed E-state index contributed by atoms with van der Waals surface area (Å²) in [7, 11) is 0. The molecule has 0 radical (unpaired) electrons. The molecule has 134 valence electrons. The largest absolute Gasteiger partial charge is 0.479 e. The van der Waals surface area contributed by atoms with Gasteiger partial charge in [0.05, 0.1) is 0 Å². The van der Waals surface area contributed by atoms with E-state index in [9.17, 15) is 23.5 Å². The Morgan fingerprint density at radius 2 is 1.85 bits per heavy atom. The normalized spacial score (nSPS) is 24.1. The Bertz CT molecular complexity index is 898. The van der Waals surface area contributed by atoms with E-state index in [0.29, 0.717) is 30.5 Å². The lowest BCUT2D eigenvalue weighted by Crippen LogP contribution is -2.44. The maximum atomic E-state index is 14.0. The molecule has 4 nitrogen and oxygen atoms in total. The highest BCUT2D eigenvalue weighted by Gasteiger charge is 2.49. The van der Waals surface area contributed by atoms with Gasteiger partial charge in [-0.2, -0.15) is 0 Å². The van der Waals surface area contributed by atoms with Crippen molar-refractivity contribution in [1.29, 1.82) is 0 Å². The van der Waals surface area contributed by atoms with Crippen molar-refractivity contribution in [3.05, 3.63) is 70.8 Å². The van der Waals surface area contributed by atoms with E-state index >= 15 is 0 Å². The topological polar surface area (TPSA) is 57.6 Å². The molecule has 26 heavy (non-hydrogen) atoms. The minimum absolute atomic E-state index is 0.277. The first kappa shape index (κ1) is 16.7. The molecule has 4 rings (SSSR count). The highest BCUT2D eigenvalue weighted by molar-refractivity contribution is 5.89. The van der Waals surface area contributed by atoms with Crippen LogP contribution in [0.2, 0.25) is 0 Å². The molecule has 1 N–H and O–H groups in total. The number of hydrogen-bond acceptors (Lipinski definition) is 2. The number of benzene rings is 2. The monoisotopic (exact) mass is 357 g/mol. The van der Waals surface area contributed by atoms with E-state index < -0.39 is 29.6 Å². The first-order chi connectivity index (χ1) is 12.5. The summed E-state index contributed by atoms with van der Waals surface area (Å²) in [5.41, 5.74) is 1.87. The van der Waals surface area contributed by atoms with Crippen LogP contribution in [0.4, 0.5) is 8.78 Å². The molecule has 1 amide bonds. The fraction of sp³-hybridized carbons (Fsp3) is 0.300. The number of rotatable bonds is 3. The number of amides is 1. The number of aliphatic carboxylic acids is 1. The van der Waals surface area contributed by atoms with Crippen LogP contribution in [0.15, 0.2) is 42.5 Å². The van der Waals surface area contributed by atoms with Crippen molar-refractivity contribution < 1.29 is 23.5 Å². The number of carboxylic acid groups (broad SMARTS) is 1. The van der Waals surface area contributed by atoms with Gasteiger partial charge in [0.2, 0.25) is 5.91 Å². The number of carbonyl (C=O) groups excluding carboxylic acids is 1. The zero-order chi connectivity index (χ0) is 18.4. The molecule has 1 aliphatic heterocycles. The number of halogens is 2. The van der Waals surface area contributed by atoms with Gasteiger partial charge < -0.3 is 10.0 Å². The van der Waals surface area contributed by atoms with E-state index in [0.717, 1.165) is 11.6 Å². The summed E-state index contributed by atoms with van der Waals surface area (Å²) in [4.78, 5) is 26.1. The summed E-state index contributed by atoms with van der Waals surface area (Å²) < 4.78 is 27.0.